The molecule has 1 heterocycles. The Bertz CT molecular complexity index is 416. The molecule has 0 spiro atoms. The molecule has 0 saturated carbocycles. The molecule has 3 nitrogen and oxygen atoms in total. The number of alkyl halides is 3. The average molecular weight is 247 g/mol. The van der Waals surface area contributed by atoms with Crippen LogP contribution in [0.15, 0.2) is 12.3 Å². The Balaban J connectivity index is 2.80. The number of aryl methyl sites for hydroxylation is 2. The van der Waals surface area contributed by atoms with Gasteiger partial charge in [0.2, 0.25) is 0 Å². The first-order chi connectivity index (χ1) is 7.83. The van der Waals surface area contributed by atoms with Crippen molar-refractivity contribution in [1.29, 1.82) is 0 Å². The molecule has 94 valence electrons. The summed E-state index contributed by atoms with van der Waals surface area (Å²) in [4.78, 5) is 15.0. The lowest BCUT2D eigenvalue weighted by Gasteiger charge is -2.08. The number of hydrogen-bond acceptors (Lipinski definition) is 3. The number of esters is 1. The summed E-state index contributed by atoms with van der Waals surface area (Å²) in [5, 5.41) is 0. The molecule has 1 aromatic rings. The third kappa shape index (κ3) is 4.05. The number of methoxy groups -OCH3 is 1. The van der Waals surface area contributed by atoms with Crippen LogP contribution in [0, 0.1) is 6.92 Å². The highest BCUT2D eigenvalue weighted by molar-refractivity contribution is 5.89. The van der Waals surface area contributed by atoms with E-state index in [4.69, 9.17) is 0 Å². The van der Waals surface area contributed by atoms with Crippen LogP contribution in [0.25, 0.3) is 0 Å². The van der Waals surface area contributed by atoms with Gasteiger partial charge in [0.1, 0.15) is 0 Å². The number of ether oxygens (including phenoxy) is 1. The van der Waals surface area contributed by atoms with Crippen molar-refractivity contribution >= 4 is 5.97 Å². The molecule has 0 aliphatic carbocycles. The average Bonchev–Trinajstić information content (AvgIpc) is 2.25. The summed E-state index contributed by atoms with van der Waals surface area (Å²) in [6.07, 6.45) is -4.07. The fraction of sp³-hybridized carbons (Fsp3) is 0.455. The van der Waals surface area contributed by atoms with E-state index in [-0.39, 0.29) is 12.0 Å². The molecule has 17 heavy (non-hydrogen) atoms. The largest absolute Gasteiger partial charge is 0.465 e. The van der Waals surface area contributed by atoms with Gasteiger partial charge < -0.3 is 4.74 Å². The molecule has 1 aromatic heterocycles. The Morgan fingerprint density at radius 3 is 2.59 bits per heavy atom. The van der Waals surface area contributed by atoms with Crippen LogP contribution in [0.2, 0.25) is 0 Å². The highest BCUT2D eigenvalue weighted by Gasteiger charge is 2.27. The van der Waals surface area contributed by atoms with Crippen LogP contribution >= 0.6 is 0 Å². The van der Waals surface area contributed by atoms with Gasteiger partial charge in [0.15, 0.2) is 0 Å². The molecular formula is C11H12F3NO2. The first kappa shape index (κ1) is 13.5. The zero-order chi connectivity index (χ0) is 13.1. The monoisotopic (exact) mass is 247 g/mol. The fourth-order valence-corrected chi connectivity index (χ4v) is 1.35. The van der Waals surface area contributed by atoms with Crippen LogP contribution in [0.5, 0.6) is 0 Å². The van der Waals surface area contributed by atoms with E-state index >= 15 is 0 Å². The van der Waals surface area contributed by atoms with Gasteiger partial charge in [-0.2, -0.15) is 13.2 Å². The van der Waals surface area contributed by atoms with Gasteiger partial charge in [0, 0.05) is 18.3 Å². The van der Waals surface area contributed by atoms with E-state index in [1.165, 1.54) is 19.4 Å². The van der Waals surface area contributed by atoms with Gasteiger partial charge in [-0.15, -0.1) is 0 Å². The van der Waals surface area contributed by atoms with Crippen LogP contribution in [-0.2, 0) is 11.2 Å². The maximum atomic E-state index is 12.0. The van der Waals surface area contributed by atoms with Crippen LogP contribution in [0.1, 0.15) is 28.0 Å². The number of carbonyl (C=O) groups is 1. The molecule has 0 aliphatic rings. The number of halogens is 3. The second-order valence-corrected chi connectivity index (χ2v) is 3.59. The molecule has 0 amide bonds. The zero-order valence-corrected chi connectivity index (χ0v) is 9.47. The molecule has 0 atom stereocenters. The van der Waals surface area contributed by atoms with Crippen molar-refractivity contribution in [3.05, 3.63) is 29.1 Å². The SMILES string of the molecule is COC(=O)c1cnc(CCC(F)(F)F)c(C)c1. The highest BCUT2D eigenvalue weighted by Crippen LogP contribution is 2.22. The summed E-state index contributed by atoms with van der Waals surface area (Å²) in [5.74, 6) is -0.553. The lowest BCUT2D eigenvalue weighted by Crippen LogP contribution is -2.11. The Kier molecular flexibility index (Phi) is 4.09. The van der Waals surface area contributed by atoms with E-state index in [9.17, 15) is 18.0 Å². The van der Waals surface area contributed by atoms with Gasteiger partial charge >= 0.3 is 12.1 Å². The van der Waals surface area contributed by atoms with Crippen molar-refractivity contribution in [3.63, 3.8) is 0 Å². The fourth-order valence-electron chi connectivity index (χ4n) is 1.35. The second kappa shape index (κ2) is 5.16. The molecule has 0 N–H and O–H groups in total. The zero-order valence-electron chi connectivity index (χ0n) is 9.47. The van der Waals surface area contributed by atoms with Crippen molar-refractivity contribution in [1.82, 2.24) is 4.98 Å². The number of carbonyl (C=O) groups excluding carboxylic acids is 1. The minimum atomic E-state index is -4.20. The van der Waals surface area contributed by atoms with Gasteiger partial charge in [-0.1, -0.05) is 0 Å². The van der Waals surface area contributed by atoms with E-state index in [2.05, 4.69) is 9.72 Å². The van der Waals surface area contributed by atoms with E-state index in [0.29, 0.717) is 11.3 Å². The van der Waals surface area contributed by atoms with Gasteiger partial charge in [0.05, 0.1) is 12.7 Å². The normalized spacial score (nSPS) is 11.4. The van der Waals surface area contributed by atoms with Gasteiger partial charge in [0.25, 0.3) is 0 Å². The van der Waals surface area contributed by atoms with E-state index in [1.807, 2.05) is 0 Å². The van der Waals surface area contributed by atoms with Crippen molar-refractivity contribution in [2.75, 3.05) is 7.11 Å². The molecule has 0 aromatic carbocycles. The quantitative estimate of drug-likeness (QED) is 0.771. The van der Waals surface area contributed by atoms with E-state index in [1.54, 1.807) is 6.92 Å². The van der Waals surface area contributed by atoms with Crippen molar-refractivity contribution < 1.29 is 22.7 Å². The predicted molar refractivity (Wildman–Crippen MR) is 54.7 cm³/mol. The van der Waals surface area contributed by atoms with Crippen molar-refractivity contribution in [2.24, 2.45) is 0 Å². The Morgan fingerprint density at radius 1 is 1.47 bits per heavy atom. The van der Waals surface area contributed by atoms with E-state index < -0.39 is 18.6 Å². The summed E-state index contributed by atoms with van der Waals surface area (Å²) in [7, 11) is 1.23. The minimum Gasteiger partial charge on any atom is -0.465 e. The Morgan fingerprint density at radius 2 is 2.12 bits per heavy atom. The first-order valence-electron chi connectivity index (χ1n) is 4.94. The summed E-state index contributed by atoms with van der Waals surface area (Å²) >= 11 is 0. The third-order valence-electron chi connectivity index (χ3n) is 2.25. The molecule has 6 heteroatoms. The first-order valence-corrected chi connectivity index (χ1v) is 4.94. The summed E-state index contributed by atoms with van der Waals surface area (Å²) in [6.45, 7) is 1.62. The van der Waals surface area contributed by atoms with Gasteiger partial charge in [-0.3, -0.25) is 4.98 Å². The molecule has 0 saturated heterocycles. The lowest BCUT2D eigenvalue weighted by atomic mass is 10.1. The number of rotatable bonds is 3. The molecular weight excluding hydrogens is 235 g/mol. The van der Waals surface area contributed by atoms with Gasteiger partial charge in [-0.05, 0) is 25.0 Å². The number of pyridine rings is 1. The third-order valence-corrected chi connectivity index (χ3v) is 2.25. The van der Waals surface area contributed by atoms with Crippen LogP contribution in [0.3, 0.4) is 0 Å². The van der Waals surface area contributed by atoms with Crippen molar-refractivity contribution in [3.8, 4) is 0 Å². The van der Waals surface area contributed by atoms with Gasteiger partial charge in [-0.25, -0.2) is 4.79 Å². The number of aromatic nitrogens is 1. The standard InChI is InChI=1S/C11H12F3NO2/c1-7-5-8(10(16)17-2)6-15-9(7)3-4-11(12,13)14/h5-6H,3-4H2,1-2H3. The molecule has 1 rings (SSSR count). The second-order valence-electron chi connectivity index (χ2n) is 3.59. The topological polar surface area (TPSA) is 39.2 Å². The smallest absolute Gasteiger partial charge is 0.389 e. The predicted octanol–water partition coefficient (Wildman–Crippen LogP) is 2.67. The minimum absolute atomic E-state index is 0.184. The molecule has 0 fully saturated rings. The van der Waals surface area contributed by atoms with E-state index in [0.717, 1.165) is 0 Å². The Labute approximate surface area is 96.6 Å². The molecule has 0 bridgehead atoms. The maximum Gasteiger partial charge on any atom is 0.389 e. The highest BCUT2D eigenvalue weighted by atomic mass is 19.4. The van der Waals surface area contributed by atoms with Crippen LogP contribution < -0.4 is 0 Å². The summed E-state index contributed by atoms with van der Waals surface area (Å²) in [5.41, 5.74) is 1.13. The molecule has 0 unspecified atom stereocenters. The maximum absolute atomic E-state index is 12.0. The van der Waals surface area contributed by atoms with Crippen LogP contribution in [0.4, 0.5) is 13.2 Å². The van der Waals surface area contributed by atoms with Crippen molar-refractivity contribution in [2.45, 2.75) is 25.9 Å². The van der Waals surface area contributed by atoms with Crippen LogP contribution in [-0.4, -0.2) is 24.2 Å². The number of nitrogens with zero attached hydrogens (tertiary/aromatic N) is 1. The molecule has 0 radical (unpaired) electrons. The Hall–Kier alpha value is -1.59. The lowest BCUT2D eigenvalue weighted by molar-refractivity contribution is -0.134. The summed E-state index contributed by atoms with van der Waals surface area (Å²) in [6, 6.07) is 1.48. The molecule has 0 aliphatic heterocycles. The summed E-state index contributed by atoms with van der Waals surface area (Å²) < 4.78 is 40.6. The number of hydrogen-bond donors (Lipinski definition) is 0.